The van der Waals surface area contributed by atoms with Crippen molar-refractivity contribution in [2.75, 3.05) is 0 Å². The summed E-state index contributed by atoms with van der Waals surface area (Å²) in [5.41, 5.74) is 2.60. The number of nitrogens with one attached hydrogen (secondary N) is 1. The highest BCUT2D eigenvalue weighted by Crippen LogP contribution is 2.12. The van der Waals surface area contributed by atoms with Gasteiger partial charge < -0.3 is 10.1 Å². The lowest BCUT2D eigenvalue weighted by Crippen LogP contribution is -2.10. The number of aromatic amines is 1. The molecule has 0 bridgehead atoms. The monoisotopic (exact) mass is 275 g/mol. The number of hydrogen-bond acceptors (Lipinski definition) is 2. The molecule has 0 spiro atoms. The van der Waals surface area contributed by atoms with E-state index in [1.807, 2.05) is 25.1 Å². The Morgan fingerprint density at radius 3 is 2.67 bits per heavy atom. The zero-order chi connectivity index (χ0) is 14.8. The molecule has 0 aliphatic carbocycles. The third-order valence-electron chi connectivity index (χ3n) is 3.27. The first-order chi connectivity index (χ1) is 10.1. The van der Waals surface area contributed by atoms with Gasteiger partial charge in [0.15, 0.2) is 0 Å². The Morgan fingerprint density at radius 1 is 1.05 bits per heavy atom. The molecule has 102 valence electrons. The quantitative estimate of drug-likeness (QED) is 0.620. The van der Waals surface area contributed by atoms with Crippen molar-refractivity contribution in [1.82, 2.24) is 4.98 Å². The Balaban J connectivity index is 2.16. The van der Waals surface area contributed by atoms with E-state index in [-0.39, 0.29) is 11.2 Å². The van der Waals surface area contributed by atoms with E-state index in [0.29, 0.717) is 16.5 Å². The molecule has 1 heterocycles. The van der Waals surface area contributed by atoms with Gasteiger partial charge in [0.1, 0.15) is 5.75 Å². The predicted octanol–water partition coefficient (Wildman–Crippen LogP) is 2.94. The molecule has 0 amide bonds. The van der Waals surface area contributed by atoms with E-state index in [1.165, 1.54) is 0 Å². The molecule has 0 saturated heterocycles. The largest absolute Gasteiger partial charge is 0.508 e. The van der Waals surface area contributed by atoms with Crippen LogP contribution in [0.15, 0.2) is 53.3 Å². The van der Waals surface area contributed by atoms with Crippen molar-refractivity contribution in [2.24, 2.45) is 0 Å². The number of phenolic OH excluding ortho intramolecular Hbond substituents is 1. The number of phenols is 1. The molecule has 3 aromatic rings. The minimum Gasteiger partial charge on any atom is -0.508 e. The highest BCUT2D eigenvalue weighted by molar-refractivity contribution is 5.80. The highest BCUT2D eigenvalue weighted by Gasteiger charge is 2.06. The molecule has 21 heavy (non-hydrogen) atoms. The Kier molecular flexibility index (Phi) is 3.21. The Bertz CT molecular complexity index is 943. The molecule has 0 aliphatic heterocycles. The first-order valence-corrected chi connectivity index (χ1v) is 6.58. The number of aromatic hydroxyl groups is 1. The van der Waals surface area contributed by atoms with Crippen LogP contribution in [0.2, 0.25) is 0 Å². The lowest BCUT2D eigenvalue weighted by molar-refractivity contribution is 0.475. The molecule has 0 radical (unpaired) electrons. The van der Waals surface area contributed by atoms with Crippen molar-refractivity contribution >= 4 is 10.9 Å². The summed E-state index contributed by atoms with van der Waals surface area (Å²) in [6, 6.07) is 14.0. The van der Waals surface area contributed by atoms with Crippen LogP contribution in [0.3, 0.4) is 0 Å². The van der Waals surface area contributed by atoms with Gasteiger partial charge in [0.2, 0.25) is 5.43 Å². The molecule has 0 atom stereocenters. The fourth-order valence-electron chi connectivity index (χ4n) is 2.23. The van der Waals surface area contributed by atoms with Gasteiger partial charge in [0, 0.05) is 22.2 Å². The molecule has 2 N–H and O–H groups in total. The van der Waals surface area contributed by atoms with Crippen molar-refractivity contribution in [1.29, 1.82) is 0 Å². The first-order valence-electron chi connectivity index (χ1n) is 6.58. The molecule has 0 saturated carbocycles. The average molecular weight is 275 g/mol. The second-order valence-electron chi connectivity index (χ2n) is 4.80. The molecule has 0 aliphatic rings. The standard InChI is InChI=1S/C18H13NO2/c1-12-15(10-9-13-5-4-6-14(20)11-13)18(21)16-7-2-3-8-17(16)19-12/h2-8,11,20H,1H3,(H,19,21). The minimum absolute atomic E-state index is 0.0745. The van der Waals surface area contributed by atoms with Gasteiger partial charge in [-0.25, -0.2) is 0 Å². The first kappa shape index (κ1) is 13.0. The zero-order valence-electron chi connectivity index (χ0n) is 11.5. The molecule has 3 nitrogen and oxygen atoms in total. The topological polar surface area (TPSA) is 53.1 Å². The van der Waals surface area contributed by atoms with Crippen LogP contribution < -0.4 is 5.43 Å². The van der Waals surface area contributed by atoms with Gasteiger partial charge in [-0.15, -0.1) is 0 Å². The van der Waals surface area contributed by atoms with Gasteiger partial charge in [0.25, 0.3) is 0 Å². The smallest absolute Gasteiger partial charge is 0.205 e. The number of hydrogen-bond donors (Lipinski definition) is 2. The Labute approximate surface area is 121 Å². The van der Waals surface area contributed by atoms with E-state index < -0.39 is 0 Å². The lowest BCUT2D eigenvalue weighted by atomic mass is 10.1. The van der Waals surface area contributed by atoms with Crippen LogP contribution in [0.1, 0.15) is 16.8 Å². The molecular weight excluding hydrogens is 262 g/mol. The van der Waals surface area contributed by atoms with Crippen molar-refractivity contribution in [3.8, 4) is 17.6 Å². The number of benzene rings is 2. The van der Waals surface area contributed by atoms with Crippen LogP contribution in [0, 0.1) is 18.8 Å². The van der Waals surface area contributed by atoms with Gasteiger partial charge >= 0.3 is 0 Å². The molecular formula is C18H13NO2. The summed E-state index contributed by atoms with van der Waals surface area (Å²) in [5, 5.41) is 10.1. The average Bonchev–Trinajstić information content (AvgIpc) is 2.47. The summed E-state index contributed by atoms with van der Waals surface area (Å²) in [7, 11) is 0. The second-order valence-corrected chi connectivity index (χ2v) is 4.80. The maximum Gasteiger partial charge on any atom is 0.205 e. The number of para-hydroxylation sites is 1. The Hall–Kier alpha value is -2.99. The van der Waals surface area contributed by atoms with Crippen molar-refractivity contribution in [2.45, 2.75) is 6.92 Å². The number of aromatic nitrogens is 1. The van der Waals surface area contributed by atoms with Crippen LogP contribution in [0.5, 0.6) is 5.75 Å². The van der Waals surface area contributed by atoms with Gasteiger partial charge in [0.05, 0.1) is 5.56 Å². The van der Waals surface area contributed by atoms with Crippen LogP contribution >= 0.6 is 0 Å². The number of fused-ring (bicyclic) bond motifs is 1. The fourth-order valence-corrected chi connectivity index (χ4v) is 2.23. The third-order valence-corrected chi connectivity index (χ3v) is 3.27. The second kappa shape index (κ2) is 5.18. The lowest BCUT2D eigenvalue weighted by Gasteiger charge is -2.02. The van der Waals surface area contributed by atoms with Crippen LogP contribution in [-0.4, -0.2) is 10.1 Å². The predicted molar refractivity (Wildman–Crippen MR) is 83.4 cm³/mol. The molecule has 1 aromatic heterocycles. The Morgan fingerprint density at radius 2 is 1.86 bits per heavy atom. The van der Waals surface area contributed by atoms with E-state index in [2.05, 4.69) is 16.8 Å². The maximum absolute atomic E-state index is 12.5. The van der Waals surface area contributed by atoms with Crippen molar-refractivity contribution in [3.63, 3.8) is 0 Å². The van der Waals surface area contributed by atoms with E-state index in [9.17, 15) is 9.90 Å². The number of pyridine rings is 1. The molecule has 3 rings (SSSR count). The van der Waals surface area contributed by atoms with Crippen LogP contribution in [-0.2, 0) is 0 Å². The maximum atomic E-state index is 12.5. The summed E-state index contributed by atoms with van der Waals surface area (Å²) in [6.45, 7) is 1.83. The number of aryl methyl sites for hydroxylation is 1. The van der Waals surface area contributed by atoms with Gasteiger partial charge in [-0.1, -0.05) is 30.0 Å². The summed E-state index contributed by atoms with van der Waals surface area (Å²) < 4.78 is 0. The van der Waals surface area contributed by atoms with E-state index in [1.54, 1.807) is 30.3 Å². The molecule has 0 unspecified atom stereocenters. The third kappa shape index (κ3) is 2.52. The van der Waals surface area contributed by atoms with E-state index in [0.717, 1.165) is 11.2 Å². The van der Waals surface area contributed by atoms with E-state index >= 15 is 0 Å². The number of H-pyrrole nitrogens is 1. The summed E-state index contributed by atoms with van der Waals surface area (Å²) in [6.07, 6.45) is 0. The molecule has 2 aromatic carbocycles. The highest BCUT2D eigenvalue weighted by atomic mass is 16.3. The molecule has 3 heteroatoms. The fraction of sp³-hybridized carbons (Fsp3) is 0.0556. The minimum atomic E-state index is -0.0745. The normalized spacial score (nSPS) is 10.1. The van der Waals surface area contributed by atoms with Crippen molar-refractivity contribution < 1.29 is 5.11 Å². The SMILES string of the molecule is Cc1[nH]c2ccccc2c(=O)c1C#Cc1cccc(O)c1. The van der Waals surface area contributed by atoms with Gasteiger partial charge in [-0.2, -0.15) is 0 Å². The zero-order valence-corrected chi connectivity index (χ0v) is 11.5. The number of rotatable bonds is 0. The van der Waals surface area contributed by atoms with Gasteiger partial charge in [-0.05, 0) is 37.3 Å². The molecule has 0 fully saturated rings. The van der Waals surface area contributed by atoms with Crippen molar-refractivity contribution in [3.05, 3.63) is 75.6 Å². The summed E-state index contributed by atoms with van der Waals surface area (Å²) >= 11 is 0. The van der Waals surface area contributed by atoms with Gasteiger partial charge in [-0.3, -0.25) is 4.79 Å². The van der Waals surface area contributed by atoms with Crippen LogP contribution in [0.4, 0.5) is 0 Å². The summed E-state index contributed by atoms with van der Waals surface area (Å²) in [4.78, 5) is 15.7. The van der Waals surface area contributed by atoms with Crippen LogP contribution in [0.25, 0.3) is 10.9 Å². The van der Waals surface area contributed by atoms with E-state index in [4.69, 9.17) is 0 Å². The summed E-state index contributed by atoms with van der Waals surface area (Å²) in [5.74, 6) is 5.99.